The number of hydrogen-bond acceptors (Lipinski definition) is 3. The summed E-state index contributed by atoms with van der Waals surface area (Å²) in [6.45, 7) is 2.07. The van der Waals surface area contributed by atoms with Crippen LogP contribution in [0.2, 0.25) is 0 Å². The molecule has 4 heteroatoms. The van der Waals surface area contributed by atoms with Crippen LogP contribution in [0.25, 0.3) is 0 Å². The van der Waals surface area contributed by atoms with E-state index in [-0.39, 0.29) is 0 Å². The van der Waals surface area contributed by atoms with E-state index in [0.717, 1.165) is 5.56 Å². The minimum Gasteiger partial charge on any atom is -0.450 e. The maximum absolute atomic E-state index is 11.1. The highest BCUT2D eigenvalue weighted by atomic mass is 16.5. The summed E-state index contributed by atoms with van der Waals surface area (Å²) >= 11 is 0. The third-order valence-corrected chi connectivity index (χ3v) is 1.67. The summed E-state index contributed by atoms with van der Waals surface area (Å²) in [6.07, 6.45) is -0.488. The Morgan fingerprint density at radius 3 is 2.69 bits per heavy atom. The van der Waals surface area contributed by atoms with Crippen LogP contribution in [-0.2, 0) is 4.74 Å². The summed E-state index contributed by atoms with van der Waals surface area (Å²) in [5, 5.41) is 10.8. The maximum Gasteiger partial charge on any atom is 0.411 e. The van der Waals surface area contributed by atoms with Crippen molar-refractivity contribution < 1.29 is 9.53 Å². The van der Waals surface area contributed by atoms with Gasteiger partial charge in [0, 0.05) is 17.2 Å². The van der Waals surface area contributed by atoms with E-state index < -0.39 is 6.09 Å². The number of nitriles is 1. The van der Waals surface area contributed by atoms with Crippen molar-refractivity contribution in [1.29, 1.82) is 5.26 Å². The van der Waals surface area contributed by atoms with Gasteiger partial charge in [0.1, 0.15) is 0 Å². The molecule has 4 nitrogen and oxygen atoms in total. The number of anilines is 1. The first-order valence-corrected chi connectivity index (χ1v) is 4.70. The quantitative estimate of drug-likeness (QED) is 0.767. The lowest BCUT2D eigenvalue weighted by Gasteiger charge is -2.04. The normalized spacial score (nSPS) is 8.25. The topological polar surface area (TPSA) is 62.1 Å². The fourth-order valence-electron chi connectivity index (χ4n) is 1.02. The van der Waals surface area contributed by atoms with Crippen LogP contribution < -0.4 is 5.32 Å². The molecule has 0 aromatic heterocycles. The van der Waals surface area contributed by atoms with E-state index >= 15 is 0 Å². The summed E-state index contributed by atoms with van der Waals surface area (Å²) in [5.74, 6) is 4.93. The van der Waals surface area contributed by atoms with Crippen LogP contribution in [0.4, 0.5) is 10.5 Å². The van der Waals surface area contributed by atoms with Gasteiger partial charge in [-0.3, -0.25) is 5.32 Å². The Kier molecular flexibility index (Phi) is 4.43. The minimum atomic E-state index is -0.488. The van der Waals surface area contributed by atoms with Gasteiger partial charge in [-0.05, 0) is 31.2 Å². The Morgan fingerprint density at radius 1 is 1.44 bits per heavy atom. The minimum absolute atomic E-state index is 0.331. The van der Waals surface area contributed by atoms with Gasteiger partial charge in [-0.1, -0.05) is 5.92 Å². The second kappa shape index (κ2) is 6.10. The lowest BCUT2D eigenvalue weighted by atomic mass is 10.2. The number of hydrogen-bond donors (Lipinski definition) is 1. The van der Waals surface area contributed by atoms with Crippen molar-refractivity contribution in [2.24, 2.45) is 0 Å². The predicted octanol–water partition coefficient (Wildman–Crippen LogP) is 2.13. The molecular weight excluding hydrogens is 204 g/mol. The van der Waals surface area contributed by atoms with Crippen molar-refractivity contribution >= 4 is 11.8 Å². The van der Waals surface area contributed by atoms with Crippen molar-refractivity contribution in [2.45, 2.75) is 6.92 Å². The molecular formula is C12H10N2O2. The number of carbonyl (C=O) groups excluding carboxylic acids is 1. The maximum atomic E-state index is 11.1. The summed E-state index contributed by atoms with van der Waals surface area (Å²) in [7, 11) is 0. The Balaban J connectivity index is 2.65. The number of carbonyl (C=O) groups is 1. The third kappa shape index (κ3) is 3.73. The molecule has 0 fully saturated rings. The molecule has 0 radical (unpaired) electrons. The SMILES string of the molecule is CCOC(=O)Nc1ccc(C#CC#N)cc1. The Labute approximate surface area is 93.8 Å². The fraction of sp³-hybridized carbons (Fsp3) is 0.167. The first-order chi connectivity index (χ1) is 7.76. The summed E-state index contributed by atoms with van der Waals surface area (Å²) < 4.78 is 4.72. The molecule has 0 unspecified atom stereocenters. The average Bonchev–Trinajstić information content (AvgIpc) is 2.28. The molecule has 0 aliphatic carbocycles. The van der Waals surface area contributed by atoms with E-state index in [9.17, 15) is 4.79 Å². The highest BCUT2D eigenvalue weighted by Crippen LogP contribution is 2.08. The standard InChI is InChI=1S/C12H10N2O2/c1-2-16-12(15)14-11-7-5-10(6-8-11)4-3-9-13/h5-8H,2H2,1H3,(H,14,15). The molecule has 80 valence electrons. The molecule has 1 N–H and O–H groups in total. The lowest BCUT2D eigenvalue weighted by molar-refractivity contribution is 0.168. The molecule has 0 saturated carbocycles. The fourth-order valence-corrected chi connectivity index (χ4v) is 1.02. The van der Waals surface area contributed by atoms with Gasteiger partial charge in [-0.25, -0.2) is 4.79 Å². The molecule has 1 rings (SSSR count). The van der Waals surface area contributed by atoms with E-state index in [1.807, 2.05) is 0 Å². The highest BCUT2D eigenvalue weighted by Gasteiger charge is 2.00. The van der Waals surface area contributed by atoms with Gasteiger partial charge < -0.3 is 4.74 Å². The van der Waals surface area contributed by atoms with E-state index in [1.54, 1.807) is 37.3 Å². The lowest BCUT2D eigenvalue weighted by Crippen LogP contribution is -2.13. The van der Waals surface area contributed by atoms with Gasteiger partial charge in [-0.15, -0.1) is 0 Å². The molecule has 0 aliphatic heterocycles. The molecule has 1 aromatic carbocycles. The smallest absolute Gasteiger partial charge is 0.411 e. The number of rotatable bonds is 2. The molecule has 0 atom stereocenters. The number of nitrogens with zero attached hydrogens (tertiary/aromatic N) is 1. The Morgan fingerprint density at radius 2 is 2.12 bits per heavy atom. The average molecular weight is 214 g/mol. The zero-order chi connectivity index (χ0) is 11.8. The molecule has 0 saturated heterocycles. The molecule has 0 bridgehead atoms. The Hall–Kier alpha value is -2.46. The van der Waals surface area contributed by atoms with Crippen molar-refractivity contribution in [3.63, 3.8) is 0 Å². The van der Waals surface area contributed by atoms with Crippen molar-refractivity contribution in [3.05, 3.63) is 29.8 Å². The molecule has 0 aliphatic rings. The van der Waals surface area contributed by atoms with Crippen LogP contribution in [0.1, 0.15) is 12.5 Å². The van der Waals surface area contributed by atoms with Crippen LogP contribution in [0.5, 0.6) is 0 Å². The van der Waals surface area contributed by atoms with Crippen LogP contribution >= 0.6 is 0 Å². The van der Waals surface area contributed by atoms with Gasteiger partial charge >= 0.3 is 6.09 Å². The zero-order valence-corrected chi connectivity index (χ0v) is 8.78. The van der Waals surface area contributed by atoms with Crippen molar-refractivity contribution in [2.75, 3.05) is 11.9 Å². The number of amides is 1. The van der Waals surface area contributed by atoms with Gasteiger partial charge in [0.05, 0.1) is 6.61 Å². The summed E-state index contributed by atoms with van der Waals surface area (Å²) in [6, 6.07) is 8.54. The highest BCUT2D eigenvalue weighted by molar-refractivity contribution is 5.84. The predicted molar refractivity (Wildman–Crippen MR) is 59.6 cm³/mol. The van der Waals surface area contributed by atoms with Gasteiger partial charge in [-0.2, -0.15) is 5.26 Å². The Bertz CT molecular complexity index is 461. The monoisotopic (exact) mass is 214 g/mol. The molecule has 1 amide bonds. The zero-order valence-electron chi connectivity index (χ0n) is 8.78. The molecule has 0 heterocycles. The second-order valence-corrected chi connectivity index (χ2v) is 2.78. The van der Waals surface area contributed by atoms with E-state index in [0.29, 0.717) is 12.3 Å². The van der Waals surface area contributed by atoms with E-state index in [2.05, 4.69) is 17.2 Å². The number of ether oxygens (including phenoxy) is 1. The largest absolute Gasteiger partial charge is 0.450 e. The molecule has 1 aromatic rings. The number of nitrogens with one attached hydrogen (secondary N) is 1. The second-order valence-electron chi connectivity index (χ2n) is 2.78. The number of benzene rings is 1. The summed E-state index contributed by atoms with van der Waals surface area (Å²) in [5.41, 5.74) is 1.34. The van der Waals surface area contributed by atoms with E-state index in [1.165, 1.54) is 0 Å². The van der Waals surface area contributed by atoms with Crippen LogP contribution in [-0.4, -0.2) is 12.7 Å². The van der Waals surface area contributed by atoms with Gasteiger partial charge in [0.15, 0.2) is 6.07 Å². The van der Waals surface area contributed by atoms with Crippen LogP contribution in [0.15, 0.2) is 24.3 Å². The first-order valence-electron chi connectivity index (χ1n) is 4.70. The van der Waals surface area contributed by atoms with Crippen molar-refractivity contribution in [3.8, 4) is 17.9 Å². The first kappa shape index (κ1) is 11.6. The van der Waals surface area contributed by atoms with Crippen LogP contribution in [0, 0.1) is 23.2 Å². The summed E-state index contributed by atoms with van der Waals surface area (Å²) in [4.78, 5) is 11.1. The van der Waals surface area contributed by atoms with Gasteiger partial charge in [0.25, 0.3) is 0 Å². The molecule has 0 spiro atoms. The van der Waals surface area contributed by atoms with Crippen LogP contribution in [0.3, 0.4) is 0 Å². The van der Waals surface area contributed by atoms with E-state index in [4.69, 9.17) is 10.00 Å². The molecule has 16 heavy (non-hydrogen) atoms. The third-order valence-electron chi connectivity index (χ3n) is 1.67. The van der Waals surface area contributed by atoms with Gasteiger partial charge in [0.2, 0.25) is 0 Å². The van der Waals surface area contributed by atoms with Crippen molar-refractivity contribution in [1.82, 2.24) is 0 Å².